The second-order valence-electron chi connectivity index (χ2n) is 5.06. The van der Waals surface area contributed by atoms with E-state index in [1.807, 2.05) is 12.1 Å². The number of rotatable bonds is 5. The van der Waals surface area contributed by atoms with Crippen molar-refractivity contribution in [1.29, 1.82) is 0 Å². The number of nitrogens with one attached hydrogen (secondary N) is 2. The van der Waals surface area contributed by atoms with E-state index < -0.39 is 5.60 Å². The Morgan fingerprint density at radius 1 is 1.32 bits per heavy atom. The van der Waals surface area contributed by atoms with Crippen molar-refractivity contribution in [2.75, 3.05) is 18.4 Å². The molecule has 0 spiro atoms. The molecule has 1 amide bonds. The van der Waals surface area contributed by atoms with Gasteiger partial charge in [0.05, 0.1) is 22.9 Å². The van der Waals surface area contributed by atoms with E-state index in [9.17, 15) is 9.90 Å². The summed E-state index contributed by atoms with van der Waals surface area (Å²) in [5, 5.41) is 16.4. The molecule has 0 heterocycles. The second-order valence-corrected chi connectivity index (χ2v) is 5.47. The maximum Gasteiger partial charge on any atom is 0.238 e. The van der Waals surface area contributed by atoms with Crippen LogP contribution in [0.1, 0.15) is 25.7 Å². The van der Waals surface area contributed by atoms with E-state index in [1.54, 1.807) is 12.1 Å². The predicted molar refractivity (Wildman–Crippen MR) is 76.4 cm³/mol. The fraction of sp³-hybridized carbons (Fsp3) is 0.500. The number of hydrogen-bond donors (Lipinski definition) is 3. The summed E-state index contributed by atoms with van der Waals surface area (Å²) in [5.41, 5.74) is -0.0273. The van der Waals surface area contributed by atoms with Crippen LogP contribution >= 0.6 is 11.6 Å². The number of halogens is 1. The Kier molecular flexibility index (Phi) is 4.80. The lowest BCUT2D eigenvalue weighted by molar-refractivity contribution is -0.115. The van der Waals surface area contributed by atoms with Gasteiger partial charge in [-0.15, -0.1) is 0 Å². The summed E-state index contributed by atoms with van der Waals surface area (Å²) in [4.78, 5) is 11.7. The minimum atomic E-state index is -0.634. The molecular formula is C14H19ClN2O2. The lowest BCUT2D eigenvalue weighted by Gasteiger charge is -2.22. The molecule has 0 aromatic heterocycles. The molecule has 1 aromatic carbocycles. The SMILES string of the molecule is O=C(CNCC1(O)CCCC1)Nc1ccccc1Cl. The number of benzene rings is 1. The maximum absolute atomic E-state index is 11.7. The number of aliphatic hydroxyl groups is 1. The third-order valence-electron chi connectivity index (χ3n) is 3.42. The molecule has 0 saturated heterocycles. The van der Waals surface area contributed by atoms with Gasteiger partial charge < -0.3 is 15.7 Å². The lowest BCUT2D eigenvalue weighted by atomic mass is 10.0. The molecule has 0 unspecified atom stereocenters. The monoisotopic (exact) mass is 282 g/mol. The molecular weight excluding hydrogens is 264 g/mol. The van der Waals surface area contributed by atoms with Crippen molar-refractivity contribution >= 4 is 23.2 Å². The minimum absolute atomic E-state index is 0.158. The smallest absolute Gasteiger partial charge is 0.238 e. The van der Waals surface area contributed by atoms with Gasteiger partial charge in [0.2, 0.25) is 5.91 Å². The molecule has 0 atom stereocenters. The molecule has 5 heteroatoms. The molecule has 1 fully saturated rings. The van der Waals surface area contributed by atoms with E-state index >= 15 is 0 Å². The first-order valence-corrected chi connectivity index (χ1v) is 6.94. The van der Waals surface area contributed by atoms with Crippen LogP contribution in [-0.2, 0) is 4.79 Å². The molecule has 0 bridgehead atoms. The third-order valence-corrected chi connectivity index (χ3v) is 3.75. The highest BCUT2D eigenvalue weighted by Gasteiger charge is 2.30. The van der Waals surface area contributed by atoms with Crippen molar-refractivity contribution in [2.45, 2.75) is 31.3 Å². The first-order valence-electron chi connectivity index (χ1n) is 6.57. The van der Waals surface area contributed by atoms with E-state index in [1.165, 1.54) is 0 Å². The average Bonchev–Trinajstić information content (AvgIpc) is 2.79. The van der Waals surface area contributed by atoms with Gasteiger partial charge in [0.25, 0.3) is 0 Å². The number of hydrogen-bond acceptors (Lipinski definition) is 3. The van der Waals surface area contributed by atoms with E-state index in [2.05, 4.69) is 10.6 Å². The van der Waals surface area contributed by atoms with Gasteiger partial charge in [0.15, 0.2) is 0 Å². The average molecular weight is 283 g/mol. The lowest BCUT2D eigenvalue weighted by Crippen LogP contribution is -2.41. The fourth-order valence-corrected chi connectivity index (χ4v) is 2.56. The number of amides is 1. The van der Waals surface area contributed by atoms with Gasteiger partial charge >= 0.3 is 0 Å². The van der Waals surface area contributed by atoms with Crippen molar-refractivity contribution < 1.29 is 9.90 Å². The second kappa shape index (κ2) is 6.37. The summed E-state index contributed by atoms with van der Waals surface area (Å²) in [6.45, 7) is 0.635. The van der Waals surface area contributed by atoms with Crippen molar-refractivity contribution in [3.63, 3.8) is 0 Å². The zero-order valence-electron chi connectivity index (χ0n) is 10.8. The van der Waals surface area contributed by atoms with Crippen molar-refractivity contribution in [3.8, 4) is 0 Å². The normalized spacial score (nSPS) is 17.4. The van der Waals surface area contributed by atoms with E-state index in [4.69, 9.17) is 11.6 Å². The topological polar surface area (TPSA) is 61.4 Å². The molecule has 0 radical (unpaired) electrons. The molecule has 4 nitrogen and oxygen atoms in total. The first kappa shape index (κ1) is 14.3. The highest BCUT2D eigenvalue weighted by Crippen LogP contribution is 2.28. The van der Waals surface area contributed by atoms with E-state index in [-0.39, 0.29) is 12.5 Å². The van der Waals surface area contributed by atoms with Crippen LogP contribution in [0, 0.1) is 0 Å². The number of carbonyl (C=O) groups excluding carboxylic acids is 1. The predicted octanol–water partition coefficient (Wildman–Crippen LogP) is 2.17. The summed E-state index contributed by atoms with van der Waals surface area (Å²) < 4.78 is 0. The summed E-state index contributed by atoms with van der Waals surface area (Å²) >= 11 is 5.95. The molecule has 1 aliphatic rings. The number of carbonyl (C=O) groups is 1. The van der Waals surface area contributed by atoms with Crippen molar-refractivity contribution in [3.05, 3.63) is 29.3 Å². The molecule has 2 rings (SSSR count). The van der Waals surface area contributed by atoms with Gasteiger partial charge in [0.1, 0.15) is 0 Å². The molecule has 1 aliphatic carbocycles. The Labute approximate surface area is 118 Å². The molecule has 1 saturated carbocycles. The molecule has 104 valence electrons. The minimum Gasteiger partial charge on any atom is -0.389 e. The van der Waals surface area contributed by atoms with Crippen LogP contribution < -0.4 is 10.6 Å². The zero-order chi connectivity index (χ0) is 13.7. The summed E-state index contributed by atoms with van der Waals surface area (Å²) in [5.74, 6) is -0.158. The van der Waals surface area contributed by atoms with Crippen LogP contribution in [0.5, 0.6) is 0 Å². The summed E-state index contributed by atoms with van der Waals surface area (Å²) in [6.07, 6.45) is 3.74. The van der Waals surface area contributed by atoms with Gasteiger partial charge in [-0.05, 0) is 25.0 Å². The Balaban J connectivity index is 1.74. The number of para-hydroxylation sites is 1. The van der Waals surface area contributed by atoms with Gasteiger partial charge in [-0.25, -0.2) is 0 Å². The van der Waals surface area contributed by atoms with Crippen LogP contribution in [-0.4, -0.2) is 29.7 Å². The first-order chi connectivity index (χ1) is 9.09. The van der Waals surface area contributed by atoms with Gasteiger partial charge in [-0.1, -0.05) is 36.6 Å². The standard InChI is InChI=1S/C14H19ClN2O2/c15-11-5-1-2-6-12(11)17-13(18)9-16-10-14(19)7-3-4-8-14/h1-2,5-6,16,19H,3-4,7-10H2,(H,17,18). The van der Waals surface area contributed by atoms with Crippen LogP contribution in [0.25, 0.3) is 0 Å². The van der Waals surface area contributed by atoms with Crippen LogP contribution in [0.15, 0.2) is 24.3 Å². The Bertz CT molecular complexity index is 445. The van der Waals surface area contributed by atoms with Gasteiger partial charge in [-0.3, -0.25) is 4.79 Å². The van der Waals surface area contributed by atoms with Crippen LogP contribution in [0.3, 0.4) is 0 Å². The van der Waals surface area contributed by atoms with Crippen molar-refractivity contribution in [1.82, 2.24) is 5.32 Å². The maximum atomic E-state index is 11.7. The van der Waals surface area contributed by atoms with E-state index in [0.29, 0.717) is 17.3 Å². The van der Waals surface area contributed by atoms with Gasteiger partial charge in [-0.2, -0.15) is 0 Å². The highest BCUT2D eigenvalue weighted by molar-refractivity contribution is 6.33. The molecule has 3 N–H and O–H groups in total. The Morgan fingerprint density at radius 2 is 2.00 bits per heavy atom. The zero-order valence-corrected chi connectivity index (χ0v) is 11.5. The number of anilines is 1. The molecule has 1 aromatic rings. The largest absolute Gasteiger partial charge is 0.389 e. The van der Waals surface area contributed by atoms with Gasteiger partial charge in [0, 0.05) is 6.54 Å². The Hall–Kier alpha value is -1.10. The summed E-state index contributed by atoms with van der Waals surface area (Å²) in [7, 11) is 0. The molecule has 19 heavy (non-hydrogen) atoms. The highest BCUT2D eigenvalue weighted by atomic mass is 35.5. The van der Waals surface area contributed by atoms with E-state index in [0.717, 1.165) is 25.7 Å². The fourth-order valence-electron chi connectivity index (χ4n) is 2.38. The third kappa shape index (κ3) is 4.20. The van der Waals surface area contributed by atoms with Crippen molar-refractivity contribution in [2.24, 2.45) is 0 Å². The quantitative estimate of drug-likeness (QED) is 0.776. The summed E-state index contributed by atoms with van der Waals surface area (Å²) in [6, 6.07) is 7.11. The molecule has 0 aliphatic heterocycles. The van der Waals surface area contributed by atoms with Crippen LogP contribution in [0.4, 0.5) is 5.69 Å². The Morgan fingerprint density at radius 3 is 2.68 bits per heavy atom. The van der Waals surface area contributed by atoms with Crippen LogP contribution in [0.2, 0.25) is 5.02 Å².